The molecular weight excluding hydrogens is 1690 g/mol. The monoisotopic (exact) mass is 1800 g/mol. The molecule has 0 bridgehead atoms. The Kier molecular flexibility index (Phi) is 13.1. The Labute approximate surface area is 839 Å². The van der Waals surface area contributed by atoms with Crippen LogP contribution in [0.25, 0.3) is 295 Å². The highest BCUT2D eigenvalue weighted by atomic mass is 16.3. The molecule has 0 spiro atoms. The molecule has 27 aromatic carbocycles. The van der Waals surface area contributed by atoms with Crippen LogP contribution in [0.3, 0.4) is 0 Å². The lowest BCUT2D eigenvalue weighted by atomic mass is 9.77. The van der Waals surface area contributed by atoms with Crippen molar-refractivity contribution in [3.63, 3.8) is 0 Å². The summed E-state index contributed by atoms with van der Waals surface area (Å²) in [5, 5.41) is 22.8. The maximum Gasteiger partial charge on any atom is 0.143 e. The Morgan fingerprint density at radius 2 is 0.464 bits per heavy atom. The number of hydrogen-bond donors (Lipinski definition) is 0. The lowest BCUT2D eigenvalue weighted by Crippen LogP contribution is -2.16. The van der Waals surface area contributed by atoms with Crippen LogP contribution in [0, 0.1) is 0 Å². The van der Waals surface area contributed by atoms with Gasteiger partial charge in [0.1, 0.15) is 33.5 Å². The summed E-state index contributed by atoms with van der Waals surface area (Å²) in [5.41, 5.74) is 12.9. The van der Waals surface area contributed by atoms with Crippen molar-refractivity contribution in [2.75, 3.05) is 0 Å². The maximum atomic E-state index is 9.54. The summed E-state index contributed by atoms with van der Waals surface area (Å²) in [5.74, 6) is 0. The van der Waals surface area contributed by atoms with E-state index in [-0.39, 0.29) is 137 Å². The summed E-state index contributed by atoms with van der Waals surface area (Å²) in [6.45, 7) is 4.25. The summed E-state index contributed by atoms with van der Waals surface area (Å²) >= 11 is 0. The number of furan rings is 3. The van der Waals surface area contributed by atoms with E-state index in [9.17, 15) is 16.4 Å². The first-order valence-corrected chi connectivity index (χ1v) is 46.6. The van der Waals surface area contributed by atoms with E-state index in [1.165, 1.54) is 0 Å². The van der Waals surface area contributed by atoms with Gasteiger partial charge in [0.05, 0.1) is 32.9 Å². The standard InChI is InChI=1S/C48H28O.C45H30O.C44H26O/c1-3-13-33-29(11-1)21-22-31-28-43(35-15-5-6-16-36(35)45(31)33)47-39-19-9-7-17-37(39)46(38-18-8-10-20-40(38)47)32-24-26-44-42(27-32)41-25-23-30-12-2-4-14-34(30)48(41)49-44;1-45(2)39-21-10-9-14-30(39)35-19-11-20-37(43(35)45)42-33-17-7-5-15-31(33)41(32-16-6-8-18-34(32)42)28-23-25-40-38(26-28)36-24-22-27-12-3-4-13-29(27)44(36)46-40;1-3-11-32-27(9-1)17-18-29-25-30(20-22-33(29)32)42-35-13-5-7-15-37(35)43(38-16-8-6-14-36(38)42)31-21-24-41-40(26-31)39-23-19-28-10-2-4-12-34(28)44(39)45-41/h1-28H;3-26H,1-2H3;1-26H/i7D,8D,9D,10D,17D,18D,19D,20D;5D,6D,7D,8D,15D,16D,17D,18D;5D,6D,7D,8D,13D,14D,15D,16D. The molecule has 30 aromatic rings. The average molecular weight is 1800 g/mol. The minimum absolute atomic E-state index is 0.175. The molecule has 0 saturated heterocycles. The highest BCUT2D eigenvalue weighted by molar-refractivity contribution is 6.31. The van der Waals surface area contributed by atoms with Crippen LogP contribution in [-0.2, 0) is 5.41 Å². The van der Waals surface area contributed by atoms with E-state index in [0.29, 0.717) is 94.7 Å². The second kappa shape index (κ2) is 31.0. The van der Waals surface area contributed by atoms with Crippen molar-refractivity contribution in [3.05, 3.63) is 484 Å². The second-order valence-corrected chi connectivity index (χ2v) is 36.7. The van der Waals surface area contributed by atoms with Gasteiger partial charge in [0.25, 0.3) is 0 Å². The predicted octanol–water partition coefficient (Wildman–Crippen LogP) is 39.2. The zero-order valence-corrected chi connectivity index (χ0v) is 74.9. The number of fused-ring (bicyclic) bond motifs is 32. The normalized spacial score (nSPS) is 15.0. The van der Waals surface area contributed by atoms with Crippen LogP contribution < -0.4 is 0 Å². The predicted molar refractivity (Wildman–Crippen MR) is 596 cm³/mol. The molecule has 140 heavy (non-hydrogen) atoms. The quantitative estimate of drug-likeness (QED) is 0.123. The number of hydrogen-bond acceptors (Lipinski definition) is 3. The molecule has 0 amide bonds. The molecule has 1 aliphatic carbocycles. The molecule has 3 heteroatoms. The van der Waals surface area contributed by atoms with Crippen molar-refractivity contribution in [2.24, 2.45) is 0 Å². The van der Waals surface area contributed by atoms with Gasteiger partial charge >= 0.3 is 0 Å². The minimum Gasteiger partial charge on any atom is -0.455 e. The zero-order valence-electron chi connectivity index (χ0n) is 98.9. The SMILES string of the molecule is [2H]c1c([2H])c([2H])c2c(-c3cc4ccc5ccccc5c4c4ccccc34)c3c([2H])c([2H])c([2H])c([2H])c3c(-c3ccc4oc5c6ccccc6ccc5c4c3)c2c1[2H].[2H]c1c([2H])c([2H])c2c(-c3ccc4oc5c6ccccc6ccc5c4c3)c3c([2H])c([2H])c([2H])c([2H])c3c(-c3ccc4c(ccc5ccccc54)c3)c2c1[2H].[2H]c1c([2H])c([2H])c2c(-c3cccc4c3C(C)(C)c3ccccc3-4)c3c([2H])c([2H])c([2H])c([2H])c3c(-c3ccc4oc5c6ccccc6ccc5c4c3)c2c1[2H]. The van der Waals surface area contributed by atoms with Crippen molar-refractivity contribution in [1.29, 1.82) is 0 Å². The molecule has 0 unspecified atom stereocenters. The molecule has 0 N–H and O–H groups in total. The van der Waals surface area contributed by atoms with E-state index in [4.69, 9.17) is 29.7 Å². The van der Waals surface area contributed by atoms with Crippen LogP contribution in [0.5, 0.6) is 0 Å². The molecule has 1 aliphatic rings. The van der Waals surface area contributed by atoms with Crippen molar-refractivity contribution < 1.29 is 46.1 Å². The van der Waals surface area contributed by atoms with E-state index >= 15 is 0 Å². The van der Waals surface area contributed by atoms with Gasteiger partial charge < -0.3 is 13.3 Å². The van der Waals surface area contributed by atoms with E-state index < -0.39 is 77.9 Å². The first kappa shape index (κ1) is 59.0. The van der Waals surface area contributed by atoms with Crippen molar-refractivity contribution >= 4 is 217 Å². The lowest BCUT2D eigenvalue weighted by molar-refractivity contribution is 0.662. The fraction of sp³-hybridized carbons (Fsp3) is 0.0219. The summed E-state index contributed by atoms with van der Waals surface area (Å²) in [4.78, 5) is 0. The van der Waals surface area contributed by atoms with Gasteiger partial charge in [-0.3, -0.25) is 0 Å². The van der Waals surface area contributed by atoms with Gasteiger partial charge in [-0.15, -0.1) is 0 Å². The van der Waals surface area contributed by atoms with Crippen LogP contribution in [0.1, 0.15) is 57.9 Å². The molecule has 0 fully saturated rings. The van der Waals surface area contributed by atoms with Gasteiger partial charge in [-0.05, 0) is 290 Å². The number of benzene rings is 27. The van der Waals surface area contributed by atoms with E-state index in [2.05, 4.69) is 38.1 Å². The summed E-state index contributed by atoms with van der Waals surface area (Å²) in [6.07, 6.45) is 0. The zero-order chi connectivity index (χ0) is 113. The van der Waals surface area contributed by atoms with Crippen LogP contribution in [0.15, 0.2) is 486 Å². The highest BCUT2D eigenvalue weighted by Gasteiger charge is 2.38. The third-order valence-electron chi connectivity index (χ3n) is 29.0. The van der Waals surface area contributed by atoms with Gasteiger partial charge in [-0.1, -0.05) is 420 Å². The van der Waals surface area contributed by atoms with Crippen LogP contribution >= 0.6 is 0 Å². The molecule has 0 atom stereocenters. The van der Waals surface area contributed by atoms with Gasteiger partial charge in [0.2, 0.25) is 0 Å². The molecule has 3 aromatic heterocycles. The molecule has 0 saturated carbocycles. The van der Waals surface area contributed by atoms with Crippen molar-refractivity contribution in [2.45, 2.75) is 19.3 Å². The minimum atomic E-state index is -0.534. The molecule has 3 nitrogen and oxygen atoms in total. The summed E-state index contributed by atoms with van der Waals surface area (Å²) < 4.78 is 239. The Morgan fingerprint density at radius 3 is 0.893 bits per heavy atom. The third kappa shape index (κ3) is 12.0. The summed E-state index contributed by atoms with van der Waals surface area (Å²) in [6, 6.07) is 98.0. The van der Waals surface area contributed by atoms with Crippen molar-refractivity contribution in [3.8, 4) is 77.9 Å². The van der Waals surface area contributed by atoms with Crippen LogP contribution in [0.4, 0.5) is 0 Å². The third-order valence-corrected chi connectivity index (χ3v) is 29.0. The van der Waals surface area contributed by atoms with Crippen molar-refractivity contribution in [1.82, 2.24) is 0 Å². The molecule has 0 aliphatic heterocycles. The first-order valence-electron chi connectivity index (χ1n) is 58.6. The van der Waals surface area contributed by atoms with Gasteiger partial charge in [0, 0.05) is 53.9 Å². The van der Waals surface area contributed by atoms with Crippen LogP contribution in [-0.4, -0.2) is 0 Å². The smallest absolute Gasteiger partial charge is 0.143 e. The second-order valence-electron chi connectivity index (χ2n) is 36.7. The topological polar surface area (TPSA) is 39.4 Å². The molecular formula is C137H84O3. The molecule has 0 radical (unpaired) electrons. The Bertz CT molecular complexity index is 12000. The summed E-state index contributed by atoms with van der Waals surface area (Å²) in [7, 11) is 0. The molecule has 3 heterocycles. The largest absolute Gasteiger partial charge is 0.455 e. The number of rotatable bonds is 6. The van der Waals surface area contributed by atoms with E-state index in [1.54, 1.807) is 12.1 Å². The van der Waals surface area contributed by atoms with E-state index in [1.807, 2.05) is 291 Å². The lowest BCUT2D eigenvalue weighted by Gasteiger charge is -2.26. The molecule has 31 rings (SSSR count). The Morgan fingerprint density at radius 1 is 0.179 bits per heavy atom. The Balaban J connectivity index is 0.000000112. The van der Waals surface area contributed by atoms with E-state index in [0.717, 1.165) is 146 Å². The van der Waals surface area contributed by atoms with Gasteiger partial charge in [0.15, 0.2) is 0 Å². The highest BCUT2D eigenvalue weighted by Crippen LogP contribution is 2.57. The fourth-order valence-corrected chi connectivity index (χ4v) is 22.9. The van der Waals surface area contributed by atoms with Gasteiger partial charge in [-0.25, -0.2) is 0 Å². The fourth-order valence-electron chi connectivity index (χ4n) is 22.9. The first-order chi connectivity index (χ1) is 79.2. The Hall–Kier alpha value is -18.0. The van der Waals surface area contributed by atoms with Gasteiger partial charge in [-0.2, -0.15) is 0 Å². The average Bonchev–Trinajstić information content (AvgIpc) is 1.31. The maximum absolute atomic E-state index is 9.54. The molecule has 650 valence electrons. The van der Waals surface area contributed by atoms with Crippen LogP contribution in [0.2, 0.25) is 0 Å².